The maximum Gasteiger partial charge on any atom is 0.282 e. The first-order valence-corrected chi connectivity index (χ1v) is 18.2. The summed E-state index contributed by atoms with van der Waals surface area (Å²) in [5.41, 5.74) is 2.71. The molecule has 3 N–H and O–H groups in total. The third kappa shape index (κ3) is 7.52. The smallest absolute Gasteiger partial charge is 0.282 e. The molecule has 2 aromatic carbocycles. The van der Waals surface area contributed by atoms with Crippen molar-refractivity contribution >= 4 is 51.2 Å². The van der Waals surface area contributed by atoms with E-state index in [9.17, 15) is 28.8 Å². The highest BCUT2D eigenvalue weighted by atomic mass is 79.9. The monoisotopic (exact) mass is 800 g/mol. The molecule has 2 fully saturated rings. The van der Waals surface area contributed by atoms with Crippen molar-refractivity contribution in [2.45, 2.75) is 50.4 Å². The minimum atomic E-state index is -1.08. The summed E-state index contributed by atoms with van der Waals surface area (Å²) >= 11 is 3.39. The molecule has 0 aliphatic carbocycles. The minimum Gasteiger partial charge on any atom is -0.486 e. The van der Waals surface area contributed by atoms with Crippen molar-refractivity contribution < 1.29 is 28.7 Å². The highest BCUT2D eigenvalue weighted by molar-refractivity contribution is 9.10. The van der Waals surface area contributed by atoms with Crippen molar-refractivity contribution in [3.63, 3.8) is 0 Å². The van der Waals surface area contributed by atoms with Crippen LogP contribution in [0, 0.1) is 0 Å². The molecular formula is C36H37BrN10O7. The number of benzene rings is 2. The van der Waals surface area contributed by atoms with Gasteiger partial charge in [0.1, 0.15) is 28.6 Å². The molecule has 5 amide bonds. The minimum absolute atomic E-state index is 0.0249. The average molecular weight is 802 g/mol. The molecule has 0 saturated carbocycles. The van der Waals surface area contributed by atoms with Crippen LogP contribution in [-0.2, 0) is 29.8 Å². The maximum atomic E-state index is 13.3. The average Bonchev–Trinajstić information content (AvgIpc) is 3.72. The molecular weight excluding hydrogens is 764 g/mol. The highest BCUT2D eigenvalue weighted by Gasteiger charge is 2.46. The predicted octanol–water partition coefficient (Wildman–Crippen LogP) is 1.44. The van der Waals surface area contributed by atoms with Crippen LogP contribution in [0.4, 0.5) is 5.69 Å². The van der Waals surface area contributed by atoms with Crippen LogP contribution in [0.25, 0.3) is 0 Å². The van der Waals surface area contributed by atoms with Gasteiger partial charge in [-0.1, -0.05) is 23.4 Å². The number of nitrogens with zero attached hydrogens (tertiary/aromatic N) is 7. The lowest BCUT2D eigenvalue weighted by Gasteiger charge is -2.37. The molecule has 3 aliphatic heterocycles. The van der Waals surface area contributed by atoms with E-state index in [2.05, 4.69) is 59.2 Å². The Morgan fingerprint density at radius 3 is 2.61 bits per heavy atom. The maximum absolute atomic E-state index is 13.3. The number of carbonyl (C=O) groups excluding carboxylic acids is 5. The lowest BCUT2D eigenvalue weighted by atomic mass is 9.87. The number of aromatic nitrogens is 5. The van der Waals surface area contributed by atoms with Crippen molar-refractivity contribution in [2.75, 3.05) is 32.0 Å². The second-order valence-electron chi connectivity index (χ2n) is 13.6. The van der Waals surface area contributed by atoms with Crippen LogP contribution in [0.2, 0.25) is 0 Å². The third-order valence-electron chi connectivity index (χ3n) is 9.73. The Bertz CT molecular complexity index is 2200. The van der Waals surface area contributed by atoms with Gasteiger partial charge in [-0.3, -0.25) is 43.7 Å². The number of anilines is 1. The molecule has 3 atom stereocenters. The molecule has 17 nitrogen and oxygen atoms in total. The van der Waals surface area contributed by atoms with Crippen LogP contribution >= 0.6 is 15.9 Å². The number of hydrogen-bond donors (Lipinski definition) is 3. The first-order valence-electron chi connectivity index (χ1n) is 17.4. The van der Waals surface area contributed by atoms with E-state index in [1.54, 1.807) is 36.3 Å². The normalized spacial score (nSPS) is 20.1. The van der Waals surface area contributed by atoms with Crippen LogP contribution in [0.5, 0.6) is 5.75 Å². The number of hydrogen-bond acceptors (Lipinski definition) is 12. The van der Waals surface area contributed by atoms with Gasteiger partial charge in [0.25, 0.3) is 23.3 Å². The van der Waals surface area contributed by atoms with Crippen LogP contribution in [0.3, 0.4) is 0 Å². The zero-order valence-corrected chi connectivity index (χ0v) is 31.0. The molecule has 0 spiro atoms. The summed E-state index contributed by atoms with van der Waals surface area (Å²) in [6.07, 6.45) is 4.22. The van der Waals surface area contributed by atoms with Crippen molar-refractivity contribution in [3.05, 3.63) is 97.6 Å². The number of imide groups is 2. The van der Waals surface area contributed by atoms with E-state index >= 15 is 0 Å². The third-order valence-corrected chi connectivity index (χ3v) is 10.5. The molecule has 2 saturated heterocycles. The van der Waals surface area contributed by atoms with Gasteiger partial charge in [-0.25, -0.2) is 4.68 Å². The van der Waals surface area contributed by atoms with Gasteiger partial charge in [-0.15, -0.1) is 5.10 Å². The standard InChI is InChI=1S/C36H37BrN10O7/c1-44-16-22(14-23(17-44)40-26-15-39-45(2)36(53)31(26)37)20-6-8-21(9-7-20)32(49)38-12-13-46-18-24(42-43-46)19-54-28-5-3-4-25-30(28)35(52)47(34(25)51)27-10-11-29(48)41-33(27)50/h3-9,15,18,22-23,27,40H,10-14,16-17,19H2,1-2H3,(H,38,49)(H,41,48,50)/t22-,23+,27?/m1/s1. The number of ether oxygens (including phenoxy) is 1. The number of fused-ring (bicyclic) bond motifs is 1. The number of piperidine rings is 2. The Morgan fingerprint density at radius 2 is 1.83 bits per heavy atom. The Kier molecular flexibility index (Phi) is 10.4. The Balaban J connectivity index is 0.896. The second kappa shape index (κ2) is 15.3. The van der Waals surface area contributed by atoms with Crippen molar-refractivity contribution in [1.82, 2.24) is 45.2 Å². The van der Waals surface area contributed by atoms with Crippen LogP contribution in [-0.4, -0.2) is 103 Å². The van der Waals surface area contributed by atoms with Crippen molar-refractivity contribution in [1.29, 1.82) is 0 Å². The van der Waals surface area contributed by atoms with Gasteiger partial charge in [0.05, 0.1) is 35.8 Å². The largest absolute Gasteiger partial charge is 0.486 e. The van der Waals surface area contributed by atoms with E-state index in [-0.39, 0.29) is 66.3 Å². The fourth-order valence-electron chi connectivity index (χ4n) is 7.06. The Hall–Kier alpha value is -5.75. The van der Waals surface area contributed by atoms with E-state index in [1.165, 1.54) is 10.7 Å². The summed E-state index contributed by atoms with van der Waals surface area (Å²) in [5.74, 6) is -2.26. The lowest BCUT2D eigenvalue weighted by molar-refractivity contribution is -0.136. The fraction of sp³-hybridized carbons (Fsp3) is 0.361. The van der Waals surface area contributed by atoms with E-state index in [1.807, 2.05) is 24.3 Å². The van der Waals surface area contributed by atoms with Gasteiger partial charge in [0.2, 0.25) is 11.8 Å². The number of rotatable bonds is 11. The number of nitrogens with one attached hydrogen (secondary N) is 3. The van der Waals surface area contributed by atoms with Crippen LogP contribution in [0.1, 0.15) is 67.5 Å². The second-order valence-corrected chi connectivity index (χ2v) is 14.4. The topological polar surface area (TPSA) is 203 Å². The molecule has 0 radical (unpaired) electrons. The van der Waals surface area contributed by atoms with Crippen molar-refractivity contribution in [3.8, 4) is 5.75 Å². The predicted molar refractivity (Wildman–Crippen MR) is 196 cm³/mol. The van der Waals surface area contributed by atoms with Crippen LogP contribution in [0.15, 0.2) is 64.1 Å². The molecule has 54 heavy (non-hydrogen) atoms. The quantitative estimate of drug-likeness (QED) is 0.185. The number of likely N-dealkylation sites (N-methyl/N-ethyl adjacent to an activating group) is 1. The highest BCUT2D eigenvalue weighted by Crippen LogP contribution is 2.34. The molecule has 2 aromatic heterocycles. The van der Waals surface area contributed by atoms with Gasteiger partial charge >= 0.3 is 0 Å². The van der Waals surface area contributed by atoms with Gasteiger partial charge < -0.3 is 20.3 Å². The number of halogens is 1. The van der Waals surface area contributed by atoms with E-state index in [4.69, 9.17) is 4.74 Å². The van der Waals surface area contributed by atoms with Gasteiger partial charge in [-0.05, 0) is 71.6 Å². The van der Waals surface area contributed by atoms with E-state index < -0.39 is 29.7 Å². The molecule has 3 aliphatic rings. The number of carbonyl (C=O) groups is 5. The van der Waals surface area contributed by atoms with Crippen molar-refractivity contribution in [2.24, 2.45) is 7.05 Å². The summed E-state index contributed by atoms with van der Waals surface area (Å²) in [7, 11) is 3.67. The molecule has 5 heterocycles. The number of aryl methyl sites for hydroxylation is 1. The SMILES string of the molecule is CN1C[C@@H](Nc2cnn(C)c(=O)c2Br)C[C@@H](c2ccc(C(=O)NCCn3cc(COc4cccc5c4C(=O)N(C4CCC(=O)NC4=O)C5=O)nn3)cc2)C1. The zero-order chi connectivity index (χ0) is 38.1. The summed E-state index contributed by atoms with van der Waals surface area (Å²) < 4.78 is 9.18. The summed E-state index contributed by atoms with van der Waals surface area (Å²) in [4.78, 5) is 78.8. The molecule has 1 unspecified atom stereocenters. The number of likely N-dealkylation sites (tertiary alicyclic amines) is 1. The molecule has 7 rings (SSSR count). The van der Waals surface area contributed by atoms with E-state index in [0.29, 0.717) is 28.0 Å². The van der Waals surface area contributed by atoms with Crippen LogP contribution < -0.4 is 26.2 Å². The van der Waals surface area contributed by atoms with E-state index in [0.717, 1.165) is 30.0 Å². The Labute approximate surface area is 317 Å². The van der Waals surface area contributed by atoms with Gasteiger partial charge in [-0.2, -0.15) is 5.10 Å². The first kappa shape index (κ1) is 36.6. The summed E-state index contributed by atoms with van der Waals surface area (Å²) in [6, 6.07) is 11.2. The molecule has 4 aromatic rings. The Morgan fingerprint density at radius 1 is 1.04 bits per heavy atom. The molecule has 0 bridgehead atoms. The summed E-state index contributed by atoms with van der Waals surface area (Å²) in [5, 5.41) is 20.9. The summed E-state index contributed by atoms with van der Waals surface area (Å²) in [6.45, 7) is 2.25. The van der Waals surface area contributed by atoms with Gasteiger partial charge in [0, 0.05) is 44.7 Å². The zero-order valence-electron chi connectivity index (χ0n) is 29.5. The van der Waals surface area contributed by atoms with Gasteiger partial charge in [0.15, 0.2) is 0 Å². The molecule has 280 valence electrons. The number of amides is 5. The molecule has 18 heteroatoms. The first-order chi connectivity index (χ1) is 26.0. The lowest BCUT2D eigenvalue weighted by Crippen LogP contribution is -2.54. The fourth-order valence-corrected chi connectivity index (χ4v) is 7.53.